The highest BCUT2D eigenvalue weighted by Crippen LogP contribution is 2.35. The van der Waals surface area contributed by atoms with Crippen LogP contribution in [0.2, 0.25) is 20.1 Å². The number of hydrogen-bond donors (Lipinski definition) is 2. The highest BCUT2D eigenvalue weighted by atomic mass is 35.5. The van der Waals surface area contributed by atoms with Crippen molar-refractivity contribution < 1.29 is 28.7 Å². The van der Waals surface area contributed by atoms with Crippen molar-refractivity contribution in [3.63, 3.8) is 0 Å². The number of hydrogen-bond acceptors (Lipinski definition) is 8. The average Bonchev–Trinajstić information content (AvgIpc) is 2.89. The van der Waals surface area contributed by atoms with E-state index in [-0.39, 0.29) is 54.4 Å². The van der Waals surface area contributed by atoms with Crippen LogP contribution in [0.3, 0.4) is 0 Å². The fourth-order valence-corrected chi connectivity index (χ4v) is 4.12. The Balaban J connectivity index is 1.74. The Kier molecular flexibility index (Phi) is 12.8. The predicted molar refractivity (Wildman–Crippen MR) is 148 cm³/mol. The molecule has 0 radical (unpaired) electrons. The van der Waals surface area contributed by atoms with Crippen molar-refractivity contribution >= 4 is 70.0 Å². The van der Waals surface area contributed by atoms with E-state index in [1.54, 1.807) is 0 Å². The third-order valence-electron chi connectivity index (χ3n) is 5.04. The highest BCUT2D eigenvalue weighted by molar-refractivity contribution is 6.37. The van der Waals surface area contributed by atoms with Crippen LogP contribution in [0.5, 0.6) is 11.5 Å². The lowest BCUT2D eigenvalue weighted by Crippen LogP contribution is -2.15. The summed E-state index contributed by atoms with van der Waals surface area (Å²) in [6, 6.07) is 5.89. The maximum absolute atomic E-state index is 12.3. The zero-order valence-electron chi connectivity index (χ0n) is 20.6. The van der Waals surface area contributed by atoms with E-state index < -0.39 is 11.9 Å². The maximum atomic E-state index is 12.3. The molecule has 2 rings (SSSR count). The Morgan fingerprint density at radius 1 is 0.658 bits per heavy atom. The number of rotatable bonds is 13. The van der Waals surface area contributed by atoms with Gasteiger partial charge in [0.15, 0.2) is 11.5 Å². The lowest BCUT2D eigenvalue weighted by Gasteiger charge is -2.10. The molecule has 0 aliphatic rings. The van der Waals surface area contributed by atoms with Gasteiger partial charge in [0.2, 0.25) is 0 Å². The van der Waals surface area contributed by atoms with Crippen LogP contribution in [0.15, 0.2) is 34.6 Å². The molecule has 0 spiro atoms. The van der Waals surface area contributed by atoms with Crippen LogP contribution in [-0.2, 0) is 9.68 Å². The molecule has 0 saturated carbocycles. The van der Waals surface area contributed by atoms with Crippen molar-refractivity contribution in [3.8, 4) is 11.5 Å². The summed E-state index contributed by atoms with van der Waals surface area (Å²) in [5.74, 6) is -1.24. The van der Waals surface area contributed by atoms with E-state index >= 15 is 0 Å². The van der Waals surface area contributed by atoms with Crippen LogP contribution in [0.25, 0.3) is 0 Å². The summed E-state index contributed by atoms with van der Waals surface area (Å²) < 4.78 is 10.2. The topological polar surface area (TPSA) is 148 Å². The minimum atomic E-state index is -0.844. The van der Waals surface area contributed by atoms with Gasteiger partial charge in [-0.1, -0.05) is 69.6 Å². The molecule has 14 heteroatoms. The highest BCUT2D eigenvalue weighted by Gasteiger charge is 2.22. The molecule has 10 nitrogen and oxygen atoms in total. The second-order valence-electron chi connectivity index (χ2n) is 7.71. The lowest BCUT2D eigenvalue weighted by molar-refractivity contribution is 0.0502. The fourth-order valence-electron chi connectivity index (χ4n) is 3.19. The molecule has 0 aliphatic heterocycles. The van der Waals surface area contributed by atoms with E-state index in [1.807, 2.05) is 0 Å². The smallest absolute Gasteiger partial charge is 0.371 e. The van der Waals surface area contributed by atoms with Gasteiger partial charge in [-0.25, -0.2) is 9.59 Å². The molecular weight excluding hydrogens is 582 g/mol. The second-order valence-corrected chi connectivity index (χ2v) is 9.34. The predicted octanol–water partition coefficient (Wildman–Crippen LogP) is 6.22. The van der Waals surface area contributed by atoms with E-state index in [4.69, 9.17) is 77.0 Å². The molecule has 2 aromatic rings. The number of benzene rings is 2. The van der Waals surface area contributed by atoms with Gasteiger partial charge in [0.05, 0.1) is 34.3 Å². The molecular formula is C24H26Cl4N4O6. The van der Waals surface area contributed by atoms with Gasteiger partial charge in [-0.2, -0.15) is 0 Å². The summed E-state index contributed by atoms with van der Waals surface area (Å²) >= 11 is 24.1. The van der Waals surface area contributed by atoms with Crippen LogP contribution in [0.1, 0.15) is 59.2 Å². The fraction of sp³-hybridized carbons (Fsp3) is 0.333. The molecule has 206 valence electrons. The van der Waals surface area contributed by atoms with E-state index in [0.29, 0.717) is 25.7 Å². The van der Waals surface area contributed by atoms with E-state index in [9.17, 15) is 9.59 Å². The molecule has 38 heavy (non-hydrogen) atoms. The third kappa shape index (κ3) is 8.83. The van der Waals surface area contributed by atoms with Crippen molar-refractivity contribution in [2.75, 3.05) is 14.2 Å². The third-order valence-corrected chi connectivity index (χ3v) is 6.27. The summed E-state index contributed by atoms with van der Waals surface area (Å²) in [7, 11) is 2.71. The lowest BCUT2D eigenvalue weighted by atomic mass is 10.1. The first-order valence-corrected chi connectivity index (χ1v) is 12.7. The normalized spacial score (nSPS) is 11.7. The summed E-state index contributed by atoms with van der Waals surface area (Å²) in [5, 5.41) is 7.93. The summed E-state index contributed by atoms with van der Waals surface area (Å²) in [6.07, 6.45) is 3.76. The maximum Gasteiger partial charge on any atom is 0.371 e. The molecule has 0 amide bonds. The van der Waals surface area contributed by atoms with Gasteiger partial charge >= 0.3 is 11.9 Å². The SMILES string of the molecule is COc1c(Cl)ccc(Cl)c1C(=O)O/N=C(\N)CCCCCC/C(N)=N/OC(=O)c1c(Cl)ccc(Cl)c1OC. The van der Waals surface area contributed by atoms with Crippen molar-refractivity contribution in [2.24, 2.45) is 21.8 Å². The average molecular weight is 608 g/mol. The molecule has 2 aromatic carbocycles. The number of methoxy groups -OCH3 is 2. The van der Waals surface area contributed by atoms with E-state index in [0.717, 1.165) is 12.8 Å². The summed E-state index contributed by atoms with van der Waals surface area (Å²) in [5.41, 5.74) is 11.6. The van der Waals surface area contributed by atoms with Crippen molar-refractivity contribution in [2.45, 2.75) is 38.5 Å². The Hall–Kier alpha value is -2.92. The molecule has 0 heterocycles. The van der Waals surface area contributed by atoms with Gasteiger partial charge < -0.3 is 30.6 Å². The van der Waals surface area contributed by atoms with Crippen LogP contribution in [0.4, 0.5) is 0 Å². The molecule has 4 N–H and O–H groups in total. The van der Waals surface area contributed by atoms with Crippen LogP contribution in [0, 0.1) is 0 Å². The van der Waals surface area contributed by atoms with Gasteiger partial charge in [0.25, 0.3) is 0 Å². The van der Waals surface area contributed by atoms with Gasteiger partial charge in [0, 0.05) is 12.8 Å². The zero-order chi connectivity index (χ0) is 28.2. The summed E-state index contributed by atoms with van der Waals surface area (Å²) in [4.78, 5) is 34.5. The Morgan fingerprint density at radius 2 is 1.00 bits per heavy atom. The van der Waals surface area contributed by atoms with Gasteiger partial charge in [-0.05, 0) is 37.1 Å². The molecule has 0 saturated heterocycles. The number of carbonyl (C=O) groups excluding carboxylic acids is 2. The van der Waals surface area contributed by atoms with Crippen LogP contribution in [-0.4, -0.2) is 37.8 Å². The minimum absolute atomic E-state index is 0.0436. The molecule has 0 aromatic heterocycles. The van der Waals surface area contributed by atoms with Crippen molar-refractivity contribution in [3.05, 3.63) is 55.5 Å². The molecule has 0 fully saturated rings. The van der Waals surface area contributed by atoms with Crippen LogP contribution < -0.4 is 20.9 Å². The largest absolute Gasteiger partial charge is 0.494 e. The number of carbonyl (C=O) groups is 2. The summed E-state index contributed by atoms with van der Waals surface area (Å²) in [6.45, 7) is 0. The number of amidine groups is 2. The first-order valence-electron chi connectivity index (χ1n) is 11.2. The monoisotopic (exact) mass is 606 g/mol. The number of unbranched alkanes of at least 4 members (excludes halogenated alkanes) is 3. The number of nitrogens with zero attached hydrogens (tertiary/aromatic N) is 2. The number of halogens is 4. The first-order chi connectivity index (χ1) is 18.1. The molecule has 0 unspecified atom stereocenters. The Labute approximate surface area is 239 Å². The number of ether oxygens (including phenoxy) is 2. The molecule has 0 atom stereocenters. The van der Waals surface area contributed by atoms with Gasteiger partial charge in [0.1, 0.15) is 22.8 Å². The van der Waals surface area contributed by atoms with Crippen LogP contribution >= 0.6 is 46.4 Å². The number of nitrogens with two attached hydrogens (primary N) is 2. The van der Waals surface area contributed by atoms with E-state index in [1.165, 1.54) is 38.5 Å². The Morgan fingerprint density at radius 3 is 1.34 bits per heavy atom. The second kappa shape index (κ2) is 15.5. The minimum Gasteiger partial charge on any atom is -0.494 e. The standard InChI is InChI=1S/C24H26Cl4N4O6/c1-35-21-15(27)11-9-13(25)19(21)23(33)37-31-17(29)7-5-3-4-6-8-18(30)32-38-24(34)20-14(26)10-12-16(28)22(20)36-2/h9-12H,3-8H2,1-2H3,(H2,29,31)(H2,30,32). The zero-order valence-corrected chi connectivity index (χ0v) is 23.6. The van der Waals surface area contributed by atoms with Crippen molar-refractivity contribution in [1.82, 2.24) is 0 Å². The van der Waals surface area contributed by atoms with Gasteiger partial charge in [-0.3, -0.25) is 0 Å². The van der Waals surface area contributed by atoms with Gasteiger partial charge in [-0.15, -0.1) is 0 Å². The van der Waals surface area contributed by atoms with Crippen molar-refractivity contribution in [1.29, 1.82) is 0 Å². The number of oxime groups is 2. The quantitative estimate of drug-likeness (QED) is 0.0896. The first kappa shape index (κ1) is 31.3. The molecule has 0 aliphatic carbocycles. The van der Waals surface area contributed by atoms with E-state index in [2.05, 4.69) is 10.3 Å². The Bertz CT molecular complexity index is 1130. The molecule has 0 bridgehead atoms.